The van der Waals surface area contributed by atoms with E-state index in [9.17, 15) is 57.8 Å². The number of hydrogen-bond donors (Lipinski definition) is 12. The first-order valence-electron chi connectivity index (χ1n) is 26.1. The van der Waals surface area contributed by atoms with Gasteiger partial charge in [0.1, 0.15) is 42.3 Å². The van der Waals surface area contributed by atoms with E-state index in [1.165, 1.54) is 25.8 Å². The molecule has 26 heteroatoms. The van der Waals surface area contributed by atoms with Crippen LogP contribution in [0.15, 0.2) is 4.99 Å². The molecule has 14 N–H and O–H groups in total. The fraction of sp³-hybridized carbons (Fsp3) is 0.755. The highest BCUT2D eigenvalue weighted by molar-refractivity contribution is 5.98. The van der Waals surface area contributed by atoms with Crippen molar-refractivity contribution in [2.75, 3.05) is 46.3 Å². The molecule has 1 heterocycles. The summed E-state index contributed by atoms with van der Waals surface area (Å²) in [5, 5.41) is 34.4. The smallest absolute Gasteiger partial charge is 0.245 e. The molecule has 0 radical (unpaired) electrons. The number of carbonyl (C=O) groups excluding carboxylic acids is 11. The minimum Gasteiger partial charge on any atom is -0.391 e. The molecule has 0 spiro atoms. The van der Waals surface area contributed by atoms with Gasteiger partial charge < -0.3 is 74.2 Å². The standard InChI is InChI=1S/C49H88N14O12/c1-12-18-32(42(69)59-39(28(7)13-2)45(72)57-33(19-16-22-54-49(50)51)48(75)63-24-17-20-34(63)43(70)52-15-4)56-47(74)41(30(9)64)61-46(73)40(29(8)14-3)60-44(71)38(27(5)6)58-35(66)25-55-36(67)26-62(11)37(68)21-23-53-31(10)65/h27-30,32-34,38-41,64H,12-26H2,1-11H3,(H,52,70)(H,53,65)(H,55,67)(H,56,74)(H,57,72)(H,58,66)(H,59,69)(H,60,71)(H,61,73)(H4,50,51,54)/t28-,29-,30+,32-,33-,34-,38-,39-,40+,41-/m0/s1. The van der Waals surface area contributed by atoms with Gasteiger partial charge in [0.15, 0.2) is 5.96 Å². The summed E-state index contributed by atoms with van der Waals surface area (Å²) in [6.45, 7) is 16.4. The number of aliphatic imine (C=N–C) groups is 1. The Labute approximate surface area is 441 Å². The summed E-state index contributed by atoms with van der Waals surface area (Å²) < 4.78 is 0. The largest absolute Gasteiger partial charge is 0.391 e. The van der Waals surface area contributed by atoms with Gasteiger partial charge in [-0.25, -0.2) is 0 Å². The molecule has 0 unspecified atom stereocenters. The lowest BCUT2D eigenvalue weighted by Gasteiger charge is -2.32. The van der Waals surface area contributed by atoms with E-state index in [0.717, 1.165) is 4.90 Å². The summed E-state index contributed by atoms with van der Waals surface area (Å²) in [5.41, 5.74) is 11.0. The van der Waals surface area contributed by atoms with Gasteiger partial charge in [-0.3, -0.25) is 57.7 Å². The van der Waals surface area contributed by atoms with E-state index in [1.807, 2.05) is 6.92 Å². The van der Waals surface area contributed by atoms with Gasteiger partial charge in [-0.05, 0) is 63.7 Å². The minimum absolute atomic E-state index is 0.0399. The minimum atomic E-state index is -1.64. The predicted molar refractivity (Wildman–Crippen MR) is 279 cm³/mol. The lowest BCUT2D eigenvalue weighted by atomic mass is 9.95. The molecule has 0 aromatic carbocycles. The zero-order chi connectivity index (χ0) is 57.1. The Balaban J connectivity index is 3.24. The molecule has 1 aliphatic rings. The molecule has 0 aromatic rings. The van der Waals surface area contributed by atoms with Crippen LogP contribution in [0.3, 0.4) is 0 Å². The Kier molecular flexibility index (Phi) is 30.2. The third kappa shape index (κ3) is 23.2. The van der Waals surface area contributed by atoms with Crippen molar-refractivity contribution in [3.8, 4) is 0 Å². The summed E-state index contributed by atoms with van der Waals surface area (Å²) in [7, 11) is 1.39. The van der Waals surface area contributed by atoms with Gasteiger partial charge in [-0.15, -0.1) is 0 Å². The number of hydrogen-bond acceptors (Lipinski definition) is 13. The van der Waals surface area contributed by atoms with E-state index in [4.69, 9.17) is 11.5 Å². The quantitative estimate of drug-likeness (QED) is 0.0178. The third-order valence-corrected chi connectivity index (χ3v) is 12.8. The average molecular weight is 1070 g/mol. The van der Waals surface area contributed by atoms with E-state index >= 15 is 0 Å². The average Bonchev–Trinajstić information content (AvgIpc) is 3.85. The Bertz CT molecular complexity index is 1980. The molecule has 11 amide bonds. The molecule has 1 rings (SSSR count). The number of nitrogens with two attached hydrogens (primary N) is 2. The highest BCUT2D eigenvalue weighted by atomic mass is 16.3. The van der Waals surface area contributed by atoms with Crippen molar-refractivity contribution >= 4 is 70.9 Å². The van der Waals surface area contributed by atoms with Crippen LogP contribution in [0.4, 0.5) is 0 Å². The van der Waals surface area contributed by atoms with E-state index in [0.29, 0.717) is 51.6 Å². The zero-order valence-corrected chi connectivity index (χ0v) is 45.9. The van der Waals surface area contributed by atoms with Crippen LogP contribution in [-0.2, 0) is 52.7 Å². The Hall–Kier alpha value is -6.60. The number of carbonyl (C=O) groups is 11. The molecule has 426 valence electrons. The molecular formula is C49H88N14O12. The first-order valence-corrected chi connectivity index (χ1v) is 26.1. The van der Waals surface area contributed by atoms with Crippen LogP contribution in [0.5, 0.6) is 0 Å². The SMILES string of the molecule is CCC[C@H](NC(=O)[C@@H](NC(=O)[C@H](NC(=O)[C@@H](NC(=O)CNC(=O)CN(C)C(=O)CCNC(C)=O)C(C)C)[C@@H](C)CC)[C@@H](C)O)C(=O)N[C@H](C(=O)N[C@@H](CCCN=C(N)N)C(=O)N1CCC[C@H]1C(=O)NCC)[C@@H](C)CC. The first kappa shape index (κ1) is 66.4. The number of amides is 11. The van der Waals surface area contributed by atoms with Crippen LogP contribution in [-0.4, -0.2) is 181 Å². The maximum atomic E-state index is 14.2. The number of aliphatic hydroxyl groups is 1. The van der Waals surface area contributed by atoms with Crippen LogP contribution in [0.2, 0.25) is 0 Å². The van der Waals surface area contributed by atoms with Gasteiger partial charge >= 0.3 is 0 Å². The normalized spacial score (nSPS) is 16.7. The van der Waals surface area contributed by atoms with Crippen LogP contribution in [0, 0.1) is 17.8 Å². The molecule has 0 aliphatic carbocycles. The fourth-order valence-electron chi connectivity index (χ4n) is 8.02. The van der Waals surface area contributed by atoms with Crippen molar-refractivity contribution in [1.82, 2.24) is 57.7 Å². The van der Waals surface area contributed by atoms with Crippen molar-refractivity contribution in [3.63, 3.8) is 0 Å². The lowest BCUT2D eigenvalue weighted by molar-refractivity contribution is -0.142. The van der Waals surface area contributed by atoms with Gasteiger partial charge in [0.2, 0.25) is 65.0 Å². The summed E-state index contributed by atoms with van der Waals surface area (Å²) >= 11 is 0. The predicted octanol–water partition coefficient (Wildman–Crippen LogP) is -2.89. The zero-order valence-electron chi connectivity index (χ0n) is 45.9. The van der Waals surface area contributed by atoms with E-state index in [2.05, 4.69) is 52.8 Å². The van der Waals surface area contributed by atoms with E-state index in [1.54, 1.807) is 48.5 Å². The number of aliphatic hydroxyl groups excluding tert-OH is 1. The highest BCUT2D eigenvalue weighted by Crippen LogP contribution is 2.21. The molecular weight excluding hydrogens is 977 g/mol. The summed E-state index contributed by atoms with van der Waals surface area (Å²) in [4.78, 5) is 152. The molecule has 1 saturated heterocycles. The van der Waals surface area contributed by atoms with Crippen LogP contribution in [0.1, 0.15) is 127 Å². The third-order valence-electron chi connectivity index (χ3n) is 12.8. The van der Waals surface area contributed by atoms with Gasteiger partial charge in [0.25, 0.3) is 0 Å². The van der Waals surface area contributed by atoms with Crippen LogP contribution < -0.4 is 59.3 Å². The topological polar surface area (TPSA) is 387 Å². The van der Waals surface area contributed by atoms with Crippen LogP contribution >= 0.6 is 0 Å². The van der Waals surface area contributed by atoms with Gasteiger partial charge in [-0.1, -0.05) is 67.7 Å². The maximum Gasteiger partial charge on any atom is 0.245 e. The van der Waals surface area contributed by atoms with Crippen LogP contribution in [0.25, 0.3) is 0 Å². The van der Waals surface area contributed by atoms with E-state index in [-0.39, 0.29) is 56.7 Å². The number of guanidine groups is 1. The molecule has 75 heavy (non-hydrogen) atoms. The maximum absolute atomic E-state index is 14.2. The summed E-state index contributed by atoms with van der Waals surface area (Å²) in [6.07, 6.45) is 1.09. The number of likely N-dealkylation sites (N-methyl/N-ethyl adjacent to an activating group) is 2. The van der Waals surface area contributed by atoms with Crippen molar-refractivity contribution in [1.29, 1.82) is 0 Å². The van der Waals surface area contributed by atoms with Crippen molar-refractivity contribution in [2.45, 2.75) is 175 Å². The fourth-order valence-corrected chi connectivity index (χ4v) is 8.02. The van der Waals surface area contributed by atoms with E-state index < -0.39 is 126 Å². The second-order valence-corrected chi connectivity index (χ2v) is 19.5. The van der Waals surface area contributed by atoms with Crippen molar-refractivity contribution < 1.29 is 57.8 Å². The number of likely N-dealkylation sites (tertiary alicyclic amines) is 1. The Morgan fingerprint density at radius 1 is 0.680 bits per heavy atom. The molecule has 10 atom stereocenters. The molecule has 1 aliphatic heterocycles. The molecule has 0 aromatic heterocycles. The van der Waals surface area contributed by atoms with Crippen molar-refractivity contribution in [3.05, 3.63) is 0 Å². The molecule has 0 saturated carbocycles. The number of nitrogens with one attached hydrogen (secondary N) is 9. The second kappa shape index (κ2) is 34.1. The second-order valence-electron chi connectivity index (χ2n) is 19.5. The van der Waals surface area contributed by atoms with Gasteiger partial charge in [0, 0.05) is 46.6 Å². The van der Waals surface area contributed by atoms with Gasteiger partial charge in [0.05, 0.1) is 19.2 Å². The molecule has 1 fully saturated rings. The Morgan fingerprint density at radius 3 is 1.76 bits per heavy atom. The summed E-state index contributed by atoms with van der Waals surface area (Å²) in [6, 6.07) is -8.44. The number of rotatable bonds is 33. The highest BCUT2D eigenvalue weighted by Gasteiger charge is 2.40. The number of nitrogens with zero attached hydrogens (tertiary/aromatic N) is 3. The monoisotopic (exact) mass is 1060 g/mol. The first-order chi connectivity index (χ1) is 35.2. The molecule has 0 bridgehead atoms. The Morgan fingerprint density at radius 2 is 1.23 bits per heavy atom. The summed E-state index contributed by atoms with van der Waals surface area (Å²) in [5.74, 6) is -8.59. The van der Waals surface area contributed by atoms with Gasteiger partial charge in [-0.2, -0.15) is 0 Å². The molecule has 26 nitrogen and oxygen atoms in total. The van der Waals surface area contributed by atoms with Crippen molar-refractivity contribution in [2.24, 2.45) is 34.2 Å². The lowest BCUT2D eigenvalue weighted by Crippen LogP contribution is -2.63.